The van der Waals surface area contributed by atoms with Gasteiger partial charge in [0, 0.05) is 5.92 Å². The minimum Gasteiger partial charge on any atom is -0.229 e. The van der Waals surface area contributed by atoms with Gasteiger partial charge in [0.1, 0.15) is 0 Å². The lowest BCUT2D eigenvalue weighted by molar-refractivity contribution is 0.594. The maximum Gasteiger partial charge on any atom is 0.210 e. The third-order valence-corrected chi connectivity index (χ3v) is 3.60. The number of nitrogens with two attached hydrogens (primary N) is 1. The summed E-state index contributed by atoms with van der Waals surface area (Å²) in [5.74, 6) is -0.302. The molecule has 94 valence electrons. The van der Waals surface area contributed by atoms with E-state index in [9.17, 15) is 8.42 Å². The Bertz CT molecular complexity index is 555. The molecular formula is C14H15NO2S. The van der Waals surface area contributed by atoms with Crippen molar-refractivity contribution in [2.75, 3.05) is 5.75 Å². The highest BCUT2D eigenvalue weighted by atomic mass is 32.2. The van der Waals surface area contributed by atoms with Crippen LogP contribution in [-0.2, 0) is 10.0 Å². The molecule has 0 aromatic heterocycles. The highest BCUT2D eigenvalue weighted by Crippen LogP contribution is 2.25. The zero-order chi connectivity index (χ0) is 13.0. The van der Waals surface area contributed by atoms with Gasteiger partial charge >= 0.3 is 0 Å². The standard InChI is InChI=1S/C14H15NO2S/c15-18(16,17)11-14(12-7-3-1-4-8-12)13-9-5-2-6-10-13/h1-10,14H,11H2,(H2,15,16,17). The second-order valence-corrected chi connectivity index (χ2v) is 5.86. The van der Waals surface area contributed by atoms with E-state index in [4.69, 9.17) is 5.14 Å². The first-order valence-corrected chi connectivity index (χ1v) is 7.38. The van der Waals surface area contributed by atoms with Crippen LogP contribution in [0.1, 0.15) is 17.0 Å². The second kappa shape index (κ2) is 5.33. The van der Waals surface area contributed by atoms with Gasteiger partial charge in [0.05, 0.1) is 5.75 Å². The molecule has 0 amide bonds. The molecule has 0 heterocycles. The van der Waals surface area contributed by atoms with E-state index in [1.807, 2.05) is 60.7 Å². The molecule has 0 spiro atoms. The first kappa shape index (κ1) is 12.8. The van der Waals surface area contributed by atoms with Crippen LogP contribution < -0.4 is 5.14 Å². The largest absolute Gasteiger partial charge is 0.229 e. The fourth-order valence-electron chi connectivity index (χ4n) is 1.99. The number of primary sulfonamides is 1. The Morgan fingerprint density at radius 3 is 1.56 bits per heavy atom. The van der Waals surface area contributed by atoms with E-state index < -0.39 is 10.0 Å². The molecule has 0 aliphatic rings. The molecule has 2 rings (SSSR count). The monoisotopic (exact) mass is 261 g/mol. The maximum absolute atomic E-state index is 11.4. The fraction of sp³-hybridized carbons (Fsp3) is 0.143. The third kappa shape index (κ3) is 3.42. The number of rotatable bonds is 4. The average Bonchev–Trinajstić information content (AvgIpc) is 2.37. The Hall–Kier alpha value is -1.65. The minimum absolute atomic E-state index is 0.0823. The molecule has 0 saturated carbocycles. The molecule has 0 atom stereocenters. The van der Waals surface area contributed by atoms with Crippen molar-refractivity contribution in [3.63, 3.8) is 0 Å². The summed E-state index contributed by atoms with van der Waals surface area (Å²) in [6, 6.07) is 19.1. The van der Waals surface area contributed by atoms with Gasteiger partial charge in [-0.25, -0.2) is 13.6 Å². The van der Waals surface area contributed by atoms with E-state index in [1.54, 1.807) is 0 Å². The summed E-state index contributed by atoms with van der Waals surface area (Å²) in [5, 5.41) is 5.18. The second-order valence-electron chi connectivity index (χ2n) is 4.20. The molecule has 3 nitrogen and oxygen atoms in total. The van der Waals surface area contributed by atoms with E-state index >= 15 is 0 Å². The molecule has 2 aromatic carbocycles. The SMILES string of the molecule is NS(=O)(=O)CC(c1ccccc1)c1ccccc1. The smallest absolute Gasteiger partial charge is 0.210 e. The zero-order valence-electron chi connectivity index (χ0n) is 9.86. The van der Waals surface area contributed by atoms with E-state index in [2.05, 4.69) is 0 Å². The summed E-state index contributed by atoms with van der Waals surface area (Å²) in [4.78, 5) is 0. The fourth-order valence-corrected chi connectivity index (χ4v) is 2.84. The average molecular weight is 261 g/mol. The summed E-state index contributed by atoms with van der Waals surface area (Å²) < 4.78 is 22.7. The summed E-state index contributed by atoms with van der Waals surface area (Å²) in [5.41, 5.74) is 1.91. The molecule has 18 heavy (non-hydrogen) atoms. The molecule has 0 radical (unpaired) electrons. The molecule has 0 aliphatic heterocycles. The Labute approximate surface area is 107 Å². The van der Waals surface area contributed by atoms with Crippen LogP contribution in [0.2, 0.25) is 0 Å². The van der Waals surface area contributed by atoms with Crippen LogP contribution >= 0.6 is 0 Å². The summed E-state index contributed by atoms with van der Waals surface area (Å²) in [6.07, 6.45) is 0. The molecule has 4 heteroatoms. The molecule has 2 N–H and O–H groups in total. The van der Waals surface area contributed by atoms with Crippen molar-refractivity contribution in [3.8, 4) is 0 Å². The zero-order valence-corrected chi connectivity index (χ0v) is 10.7. The van der Waals surface area contributed by atoms with E-state index in [-0.39, 0.29) is 11.7 Å². The van der Waals surface area contributed by atoms with Gasteiger partial charge in [-0.05, 0) is 11.1 Å². The molecular weight excluding hydrogens is 246 g/mol. The Kier molecular flexibility index (Phi) is 3.79. The van der Waals surface area contributed by atoms with Crippen LogP contribution in [0.5, 0.6) is 0 Å². The summed E-state index contributed by atoms with van der Waals surface area (Å²) in [7, 11) is -3.52. The first-order chi connectivity index (χ1) is 8.56. The quantitative estimate of drug-likeness (QED) is 0.916. The summed E-state index contributed by atoms with van der Waals surface area (Å²) >= 11 is 0. The number of benzene rings is 2. The lowest BCUT2D eigenvalue weighted by Gasteiger charge is -2.16. The normalized spacial score (nSPS) is 11.7. The molecule has 0 bridgehead atoms. The molecule has 0 fully saturated rings. The van der Waals surface area contributed by atoms with Gasteiger partial charge < -0.3 is 0 Å². The van der Waals surface area contributed by atoms with Crippen molar-refractivity contribution < 1.29 is 8.42 Å². The van der Waals surface area contributed by atoms with Crippen LogP contribution in [0, 0.1) is 0 Å². The highest BCUT2D eigenvalue weighted by Gasteiger charge is 2.19. The number of hydrogen-bond donors (Lipinski definition) is 1. The predicted molar refractivity (Wildman–Crippen MR) is 72.7 cm³/mol. The molecule has 2 aromatic rings. The van der Waals surface area contributed by atoms with Crippen molar-refractivity contribution in [1.82, 2.24) is 0 Å². The third-order valence-electron chi connectivity index (χ3n) is 2.80. The van der Waals surface area contributed by atoms with Crippen molar-refractivity contribution in [2.24, 2.45) is 5.14 Å². The molecule has 0 saturated heterocycles. The van der Waals surface area contributed by atoms with Gasteiger partial charge in [-0.3, -0.25) is 0 Å². The minimum atomic E-state index is -3.52. The summed E-state index contributed by atoms with van der Waals surface area (Å²) in [6.45, 7) is 0. The van der Waals surface area contributed by atoms with Gasteiger partial charge in [0.15, 0.2) is 0 Å². The van der Waals surface area contributed by atoms with Crippen LogP contribution in [-0.4, -0.2) is 14.2 Å². The van der Waals surface area contributed by atoms with Crippen LogP contribution in [0.15, 0.2) is 60.7 Å². The van der Waals surface area contributed by atoms with Crippen molar-refractivity contribution >= 4 is 10.0 Å². The predicted octanol–water partition coefficient (Wildman–Crippen LogP) is 2.11. The molecule has 0 aliphatic carbocycles. The van der Waals surface area contributed by atoms with Gasteiger partial charge in [-0.2, -0.15) is 0 Å². The van der Waals surface area contributed by atoms with Crippen molar-refractivity contribution in [1.29, 1.82) is 0 Å². The van der Waals surface area contributed by atoms with E-state index in [0.717, 1.165) is 11.1 Å². The Morgan fingerprint density at radius 1 is 0.833 bits per heavy atom. The maximum atomic E-state index is 11.4. The van der Waals surface area contributed by atoms with Gasteiger partial charge in [-0.1, -0.05) is 60.7 Å². The topological polar surface area (TPSA) is 60.2 Å². The number of hydrogen-bond acceptors (Lipinski definition) is 2. The van der Waals surface area contributed by atoms with Gasteiger partial charge in [-0.15, -0.1) is 0 Å². The Balaban J connectivity index is 2.42. The highest BCUT2D eigenvalue weighted by molar-refractivity contribution is 7.89. The lowest BCUT2D eigenvalue weighted by Crippen LogP contribution is -2.22. The Morgan fingerprint density at radius 2 is 1.22 bits per heavy atom. The van der Waals surface area contributed by atoms with Gasteiger partial charge in [0.25, 0.3) is 0 Å². The van der Waals surface area contributed by atoms with Crippen LogP contribution in [0.3, 0.4) is 0 Å². The van der Waals surface area contributed by atoms with Crippen LogP contribution in [0.4, 0.5) is 0 Å². The number of sulfonamides is 1. The van der Waals surface area contributed by atoms with Crippen molar-refractivity contribution in [3.05, 3.63) is 71.8 Å². The van der Waals surface area contributed by atoms with E-state index in [1.165, 1.54) is 0 Å². The molecule has 0 unspecified atom stereocenters. The van der Waals surface area contributed by atoms with Crippen LogP contribution in [0.25, 0.3) is 0 Å². The first-order valence-electron chi connectivity index (χ1n) is 5.66. The van der Waals surface area contributed by atoms with Gasteiger partial charge in [0.2, 0.25) is 10.0 Å². The lowest BCUT2D eigenvalue weighted by atomic mass is 9.93. The van der Waals surface area contributed by atoms with E-state index in [0.29, 0.717) is 0 Å². The van der Waals surface area contributed by atoms with Crippen molar-refractivity contribution in [2.45, 2.75) is 5.92 Å².